The predicted molar refractivity (Wildman–Crippen MR) is 74.0 cm³/mol. The van der Waals surface area contributed by atoms with Gasteiger partial charge >= 0.3 is 7.05 Å². The maximum atomic E-state index is 9.01. The summed E-state index contributed by atoms with van der Waals surface area (Å²) in [6.45, 7) is 2.55. The molecule has 1 aromatic rings. The monoisotopic (exact) mass is 256 g/mol. The van der Waals surface area contributed by atoms with Crippen LogP contribution in [0.1, 0.15) is 5.69 Å². The van der Waals surface area contributed by atoms with Crippen molar-refractivity contribution in [2.24, 2.45) is 0 Å². The highest BCUT2D eigenvalue weighted by Gasteiger charge is 2.03. The molecule has 1 aromatic heterocycles. The van der Waals surface area contributed by atoms with Crippen LogP contribution in [0.5, 0.6) is 0 Å². The fourth-order valence-corrected chi connectivity index (χ4v) is 2.72. The molecule has 2 N–H and O–H groups in total. The average molecular weight is 256 g/mol. The van der Waals surface area contributed by atoms with Gasteiger partial charge in [-0.05, 0) is 31.8 Å². The molecular formula is C10H17BN2OS2. The van der Waals surface area contributed by atoms with E-state index in [4.69, 9.17) is 5.02 Å². The van der Waals surface area contributed by atoms with Gasteiger partial charge in [-0.15, -0.1) is 11.8 Å². The molecule has 88 valence electrons. The van der Waals surface area contributed by atoms with E-state index < -0.39 is 7.05 Å². The minimum Gasteiger partial charge on any atom is -0.437 e. The van der Waals surface area contributed by atoms with Crippen LogP contribution in [-0.2, 0) is 5.75 Å². The third kappa shape index (κ3) is 5.25. The van der Waals surface area contributed by atoms with Gasteiger partial charge in [0.25, 0.3) is 0 Å². The zero-order valence-electron chi connectivity index (χ0n) is 9.64. The quantitative estimate of drug-likeness (QED) is 0.442. The van der Waals surface area contributed by atoms with E-state index in [2.05, 4.69) is 22.5 Å². The van der Waals surface area contributed by atoms with E-state index in [1.807, 2.05) is 24.0 Å². The lowest BCUT2D eigenvalue weighted by molar-refractivity contribution is 0.558. The molecule has 0 aromatic carbocycles. The van der Waals surface area contributed by atoms with Crippen LogP contribution < -0.4 is 5.23 Å². The van der Waals surface area contributed by atoms with Crippen molar-refractivity contribution in [2.45, 2.75) is 17.5 Å². The van der Waals surface area contributed by atoms with Gasteiger partial charge in [-0.2, -0.15) is 11.8 Å². The van der Waals surface area contributed by atoms with Gasteiger partial charge < -0.3 is 10.3 Å². The summed E-state index contributed by atoms with van der Waals surface area (Å²) < 4.78 is 0. The number of hydrogen-bond acceptors (Lipinski definition) is 5. The van der Waals surface area contributed by atoms with Crippen molar-refractivity contribution in [3.8, 4) is 0 Å². The summed E-state index contributed by atoms with van der Waals surface area (Å²) in [5.74, 6) is 1.91. The minimum atomic E-state index is -0.419. The van der Waals surface area contributed by atoms with E-state index in [0.717, 1.165) is 23.7 Å². The van der Waals surface area contributed by atoms with E-state index in [9.17, 15) is 0 Å². The summed E-state index contributed by atoms with van der Waals surface area (Å²) >= 11 is 3.56. The number of hydrogen-bond donors (Lipinski definition) is 2. The molecule has 0 spiro atoms. The molecule has 0 fully saturated rings. The van der Waals surface area contributed by atoms with Crippen molar-refractivity contribution in [1.82, 2.24) is 10.2 Å². The Morgan fingerprint density at radius 3 is 3.06 bits per heavy atom. The summed E-state index contributed by atoms with van der Waals surface area (Å²) in [6.07, 6.45) is 3.91. The van der Waals surface area contributed by atoms with Gasteiger partial charge in [-0.3, -0.25) is 4.98 Å². The first-order chi connectivity index (χ1) is 7.74. The maximum absolute atomic E-state index is 9.01. The van der Waals surface area contributed by atoms with Crippen LogP contribution in [0.4, 0.5) is 0 Å². The van der Waals surface area contributed by atoms with Gasteiger partial charge in [0, 0.05) is 22.6 Å². The second kappa shape index (κ2) is 8.00. The number of rotatable bonds is 7. The highest BCUT2D eigenvalue weighted by atomic mass is 32.2. The van der Waals surface area contributed by atoms with Crippen LogP contribution in [0, 0.1) is 0 Å². The topological polar surface area (TPSA) is 45.2 Å². The van der Waals surface area contributed by atoms with Crippen molar-refractivity contribution in [2.75, 3.05) is 18.6 Å². The highest BCUT2D eigenvalue weighted by Crippen LogP contribution is 2.21. The van der Waals surface area contributed by atoms with Crippen LogP contribution >= 0.6 is 23.5 Å². The van der Waals surface area contributed by atoms with E-state index in [-0.39, 0.29) is 0 Å². The number of pyridine rings is 1. The normalized spacial score (nSPS) is 10.4. The van der Waals surface area contributed by atoms with Gasteiger partial charge in [0.1, 0.15) is 0 Å². The van der Waals surface area contributed by atoms with Crippen molar-refractivity contribution in [1.29, 1.82) is 0 Å². The van der Waals surface area contributed by atoms with Gasteiger partial charge in [-0.25, -0.2) is 0 Å². The smallest absolute Gasteiger partial charge is 0.373 e. The number of aromatic nitrogens is 1. The molecule has 1 rings (SSSR count). The maximum Gasteiger partial charge on any atom is 0.373 e. The molecule has 0 saturated heterocycles. The van der Waals surface area contributed by atoms with Gasteiger partial charge in [0.2, 0.25) is 0 Å². The Kier molecular flexibility index (Phi) is 6.95. The average Bonchev–Trinajstić information content (AvgIpc) is 2.29. The van der Waals surface area contributed by atoms with Crippen molar-refractivity contribution in [3.05, 3.63) is 24.0 Å². The Morgan fingerprint density at radius 2 is 2.38 bits per heavy atom. The zero-order chi connectivity index (χ0) is 11.8. The molecule has 0 unspecified atom stereocenters. The van der Waals surface area contributed by atoms with E-state index in [1.165, 1.54) is 4.90 Å². The molecule has 3 nitrogen and oxygen atoms in total. The Bertz CT molecular complexity index is 313. The summed E-state index contributed by atoms with van der Waals surface area (Å²) in [5, 5.41) is 12.0. The lowest BCUT2D eigenvalue weighted by atomic mass is 9.89. The Morgan fingerprint density at radius 1 is 1.56 bits per heavy atom. The number of nitrogens with zero attached hydrogens (tertiary/aromatic N) is 1. The number of thioether (sulfide) groups is 2. The molecular weight excluding hydrogens is 239 g/mol. The summed E-state index contributed by atoms with van der Waals surface area (Å²) in [7, 11) is -0.419. The standard InChI is InChI=1S/C10H17BN2OS2/c1-11(14)13-6-7-16-8-9-10(15-2)4-3-5-12-9/h3-5,13-14H,6-8H2,1-2H3. The Balaban J connectivity index is 2.26. The molecule has 1 heterocycles. The van der Waals surface area contributed by atoms with E-state index in [0.29, 0.717) is 0 Å². The SMILES string of the molecule is CSc1cccnc1CSCCNB(C)O. The first kappa shape index (κ1) is 13.9. The molecule has 0 aliphatic heterocycles. The summed E-state index contributed by atoms with van der Waals surface area (Å²) in [6, 6.07) is 4.07. The van der Waals surface area contributed by atoms with Crippen LogP contribution in [0.3, 0.4) is 0 Å². The predicted octanol–water partition coefficient (Wildman–Crippen LogP) is 1.74. The fraction of sp³-hybridized carbons (Fsp3) is 0.500. The van der Waals surface area contributed by atoms with Gasteiger partial charge in [0.05, 0.1) is 5.69 Å². The molecule has 6 heteroatoms. The second-order valence-corrected chi connectivity index (χ2v) is 5.29. The molecule has 0 bridgehead atoms. The van der Waals surface area contributed by atoms with Crippen molar-refractivity contribution < 1.29 is 5.02 Å². The van der Waals surface area contributed by atoms with E-state index in [1.54, 1.807) is 18.6 Å². The molecule has 0 amide bonds. The third-order valence-electron chi connectivity index (χ3n) is 1.99. The molecule has 0 saturated carbocycles. The number of nitrogens with one attached hydrogen (secondary N) is 1. The largest absolute Gasteiger partial charge is 0.437 e. The van der Waals surface area contributed by atoms with Crippen LogP contribution in [0.2, 0.25) is 6.82 Å². The molecule has 0 aliphatic carbocycles. The Labute approximate surface area is 106 Å². The van der Waals surface area contributed by atoms with Crippen LogP contribution in [-0.4, -0.2) is 35.6 Å². The van der Waals surface area contributed by atoms with Crippen molar-refractivity contribution >= 4 is 30.6 Å². The lowest BCUT2D eigenvalue weighted by Crippen LogP contribution is -2.32. The van der Waals surface area contributed by atoms with Crippen LogP contribution in [0.25, 0.3) is 0 Å². The van der Waals surface area contributed by atoms with Gasteiger partial charge in [0.15, 0.2) is 0 Å². The Hall–Kier alpha value is -0.165. The first-order valence-electron chi connectivity index (χ1n) is 5.21. The van der Waals surface area contributed by atoms with E-state index >= 15 is 0 Å². The molecule has 16 heavy (non-hydrogen) atoms. The summed E-state index contributed by atoms with van der Waals surface area (Å²) in [5.41, 5.74) is 1.15. The second-order valence-electron chi connectivity index (χ2n) is 3.34. The van der Waals surface area contributed by atoms with Gasteiger partial charge in [-0.1, -0.05) is 0 Å². The lowest BCUT2D eigenvalue weighted by Gasteiger charge is -2.06. The van der Waals surface area contributed by atoms with Crippen LogP contribution in [0.15, 0.2) is 23.2 Å². The zero-order valence-corrected chi connectivity index (χ0v) is 11.3. The highest BCUT2D eigenvalue weighted by molar-refractivity contribution is 7.99. The molecule has 0 atom stereocenters. The third-order valence-corrected chi connectivity index (χ3v) is 3.78. The summed E-state index contributed by atoms with van der Waals surface area (Å²) in [4.78, 5) is 5.62. The fourth-order valence-electron chi connectivity index (χ4n) is 1.23. The minimum absolute atomic E-state index is 0.419. The molecule has 0 radical (unpaired) electrons. The molecule has 0 aliphatic rings. The first-order valence-corrected chi connectivity index (χ1v) is 7.59. The van der Waals surface area contributed by atoms with Crippen molar-refractivity contribution in [3.63, 3.8) is 0 Å².